The first-order chi connectivity index (χ1) is 22.4. The summed E-state index contributed by atoms with van der Waals surface area (Å²) >= 11 is 0. The lowest BCUT2D eigenvalue weighted by Crippen LogP contribution is -2.15. The quantitative estimate of drug-likeness (QED) is 0.150. The summed E-state index contributed by atoms with van der Waals surface area (Å²) in [6.45, 7) is 1.55. The Bertz CT molecular complexity index is 1990. The van der Waals surface area contributed by atoms with Crippen molar-refractivity contribution >= 4 is 28.7 Å². The van der Waals surface area contributed by atoms with Gasteiger partial charge in [-0.05, 0) is 75.1 Å². The van der Waals surface area contributed by atoms with Crippen LogP contribution in [0.25, 0.3) is 28.0 Å². The van der Waals surface area contributed by atoms with Crippen LogP contribution in [0.15, 0.2) is 103 Å². The van der Waals surface area contributed by atoms with Gasteiger partial charge in [-0.15, -0.1) is 0 Å². The van der Waals surface area contributed by atoms with E-state index >= 15 is 0 Å². The largest absolute Gasteiger partial charge is 0.493 e. The number of nitrogens with one attached hydrogen (secondary N) is 2. The molecule has 11 heteroatoms. The highest BCUT2D eigenvalue weighted by molar-refractivity contribution is 6.05. The topological polar surface area (TPSA) is 96.7 Å². The zero-order valence-corrected chi connectivity index (χ0v) is 25.2. The van der Waals surface area contributed by atoms with Crippen molar-refractivity contribution in [3.8, 4) is 28.3 Å². The average Bonchev–Trinajstić information content (AvgIpc) is 3.43. The fraction of sp³-hybridized carbons (Fsp3) is 0.143. The highest BCUT2D eigenvalue weighted by Crippen LogP contribution is 2.35. The number of benzene rings is 3. The number of rotatable bonds is 11. The Morgan fingerprint density at radius 3 is 2.52 bits per heavy atom. The number of aromatic nitrogens is 4. The van der Waals surface area contributed by atoms with Crippen LogP contribution in [-0.4, -0.2) is 57.6 Å². The normalized spacial score (nSPS) is 11.2. The van der Waals surface area contributed by atoms with Crippen LogP contribution in [0.1, 0.15) is 16.8 Å². The Balaban J connectivity index is 1.29. The number of amides is 1. The molecule has 46 heavy (non-hydrogen) atoms. The summed E-state index contributed by atoms with van der Waals surface area (Å²) in [6, 6.07) is 25.4. The van der Waals surface area contributed by atoms with Crippen LogP contribution in [-0.2, 0) is 0 Å². The molecule has 1 amide bonds. The summed E-state index contributed by atoms with van der Waals surface area (Å²) in [5.41, 5.74) is 3.90. The first-order valence-corrected chi connectivity index (χ1v) is 14.7. The van der Waals surface area contributed by atoms with Crippen LogP contribution in [0.5, 0.6) is 5.75 Å². The monoisotopic (exact) mass is 619 g/mol. The van der Waals surface area contributed by atoms with Crippen molar-refractivity contribution in [2.75, 3.05) is 37.9 Å². The molecule has 0 atom stereocenters. The second kappa shape index (κ2) is 13.5. The van der Waals surface area contributed by atoms with Crippen molar-refractivity contribution in [2.45, 2.75) is 6.42 Å². The Kier molecular flexibility index (Phi) is 8.93. The standard InChI is InChI=1S/C35H31F2N7O2/c1-43(2)18-8-20-46-26-12-6-11-25(22-26)40-35-38-17-16-29(41-35)32-30-15-3-4-19-44(30)42-33(32)23-9-5-10-24(21-23)39-34(45)31-27(36)13-7-14-28(31)37/h3-7,9-17,19,21-22H,8,18,20H2,1-2H3,(H,39,45)(H,38,40,41). The summed E-state index contributed by atoms with van der Waals surface area (Å²) in [7, 11) is 4.07. The molecule has 0 saturated heterocycles. The van der Waals surface area contributed by atoms with Gasteiger partial charge in [-0.1, -0.05) is 30.3 Å². The summed E-state index contributed by atoms with van der Waals surface area (Å²) in [5.74, 6) is -1.64. The zero-order chi connectivity index (χ0) is 32.0. The number of carbonyl (C=O) groups excluding carboxylic acids is 1. The van der Waals surface area contributed by atoms with Crippen molar-refractivity contribution in [1.82, 2.24) is 24.5 Å². The minimum Gasteiger partial charge on any atom is -0.493 e. The van der Waals surface area contributed by atoms with E-state index < -0.39 is 23.1 Å². The van der Waals surface area contributed by atoms with E-state index in [1.165, 1.54) is 6.07 Å². The highest BCUT2D eigenvalue weighted by atomic mass is 19.1. The van der Waals surface area contributed by atoms with E-state index in [-0.39, 0.29) is 0 Å². The first kappa shape index (κ1) is 30.4. The van der Waals surface area contributed by atoms with Crippen molar-refractivity contribution in [3.63, 3.8) is 0 Å². The van der Waals surface area contributed by atoms with E-state index in [9.17, 15) is 13.6 Å². The second-order valence-corrected chi connectivity index (χ2v) is 10.8. The third-order valence-corrected chi connectivity index (χ3v) is 7.14. The molecule has 3 aromatic carbocycles. The maximum Gasteiger partial charge on any atom is 0.261 e. The van der Waals surface area contributed by atoms with Gasteiger partial charge in [0.05, 0.1) is 23.4 Å². The SMILES string of the molecule is CN(C)CCCOc1cccc(Nc2nccc(-c3c(-c4cccc(NC(=O)c5c(F)cccc5F)c4)nn4ccccc34)n2)c1. The second-order valence-electron chi connectivity index (χ2n) is 10.8. The molecular formula is C35H31F2N7O2. The number of halogens is 2. The lowest BCUT2D eigenvalue weighted by molar-refractivity contribution is 0.101. The summed E-state index contributed by atoms with van der Waals surface area (Å²) in [6.07, 6.45) is 4.42. The van der Waals surface area contributed by atoms with E-state index in [1.54, 1.807) is 35.0 Å². The molecule has 6 rings (SSSR count). The predicted octanol–water partition coefficient (Wildman–Crippen LogP) is 7.06. The van der Waals surface area contributed by atoms with Gasteiger partial charge in [0.1, 0.15) is 28.6 Å². The minimum atomic E-state index is -0.941. The van der Waals surface area contributed by atoms with Gasteiger partial charge in [-0.3, -0.25) is 4.79 Å². The Hall–Kier alpha value is -5.68. The van der Waals surface area contributed by atoms with Gasteiger partial charge in [0, 0.05) is 41.9 Å². The van der Waals surface area contributed by atoms with Crippen LogP contribution in [0, 0.1) is 11.6 Å². The molecule has 2 N–H and O–H groups in total. The minimum absolute atomic E-state index is 0.349. The third kappa shape index (κ3) is 6.84. The molecule has 0 fully saturated rings. The summed E-state index contributed by atoms with van der Waals surface area (Å²) in [4.78, 5) is 24.2. The number of carbonyl (C=O) groups is 1. The van der Waals surface area contributed by atoms with E-state index in [2.05, 4.69) is 20.5 Å². The first-order valence-electron chi connectivity index (χ1n) is 14.7. The lowest BCUT2D eigenvalue weighted by atomic mass is 10.0. The molecule has 0 saturated carbocycles. The van der Waals surface area contributed by atoms with Crippen LogP contribution in [0.4, 0.5) is 26.1 Å². The Morgan fingerprint density at radius 2 is 1.70 bits per heavy atom. The van der Waals surface area contributed by atoms with Crippen LogP contribution in [0.3, 0.4) is 0 Å². The van der Waals surface area contributed by atoms with Crippen LogP contribution in [0.2, 0.25) is 0 Å². The lowest BCUT2D eigenvalue weighted by Gasteiger charge is -2.12. The van der Waals surface area contributed by atoms with Crippen LogP contribution < -0.4 is 15.4 Å². The maximum absolute atomic E-state index is 14.2. The molecule has 0 aliphatic carbocycles. The van der Waals surface area contributed by atoms with E-state index in [4.69, 9.17) is 14.8 Å². The number of fused-ring (bicyclic) bond motifs is 1. The van der Waals surface area contributed by atoms with Gasteiger partial charge >= 0.3 is 0 Å². The molecule has 0 aliphatic rings. The number of pyridine rings is 1. The molecule has 0 bridgehead atoms. The Morgan fingerprint density at radius 1 is 0.913 bits per heavy atom. The van der Waals surface area contributed by atoms with E-state index in [1.807, 2.05) is 68.8 Å². The molecule has 0 unspecified atom stereocenters. The summed E-state index contributed by atoms with van der Waals surface area (Å²) in [5, 5.41) is 10.7. The van der Waals surface area contributed by atoms with E-state index in [0.717, 1.165) is 47.6 Å². The highest BCUT2D eigenvalue weighted by Gasteiger charge is 2.20. The van der Waals surface area contributed by atoms with Gasteiger partial charge in [0.15, 0.2) is 0 Å². The number of nitrogens with zero attached hydrogens (tertiary/aromatic N) is 5. The van der Waals surface area contributed by atoms with Crippen LogP contribution >= 0.6 is 0 Å². The van der Waals surface area contributed by atoms with Crippen molar-refractivity contribution in [3.05, 3.63) is 121 Å². The molecular weight excluding hydrogens is 588 g/mol. The van der Waals surface area contributed by atoms with E-state index in [0.29, 0.717) is 35.2 Å². The molecule has 9 nitrogen and oxygen atoms in total. The molecule has 3 aromatic heterocycles. The molecule has 0 aliphatic heterocycles. The molecule has 0 radical (unpaired) electrons. The number of hydrogen-bond donors (Lipinski definition) is 2. The maximum atomic E-state index is 14.2. The number of anilines is 3. The van der Waals surface area contributed by atoms with Gasteiger partial charge in [-0.2, -0.15) is 5.10 Å². The average molecular weight is 620 g/mol. The van der Waals surface area contributed by atoms with Gasteiger partial charge < -0.3 is 20.3 Å². The Labute approximate surface area is 264 Å². The van der Waals surface area contributed by atoms with Crippen molar-refractivity contribution in [1.29, 1.82) is 0 Å². The fourth-order valence-corrected chi connectivity index (χ4v) is 5.03. The fourth-order valence-electron chi connectivity index (χ4n) is 5.03. The number of ether oxygens (including phenoxy) is 1. The number of hydrogen-bond acceptors (Lipinski definition) is 7. The molecule has 232 valence electrons. The van der Waals surface area contributed by atoms with Gasteiger partial charge in [0.2, 0.25) is 5.95 Å². The summed E-state index contributed by atoms with van der Waals surface area (Å²) < 4.78 is 36.2. The van der Waals surface area contributed by atoms with Crippen molar-refractivity contribution in [2.24, 2.45) is 0 Å². The third-order valence-electron chi connectivity index (χ3n) is 7.14. The molecule has 6 aromatic rings. The van der Waals surface area contributed by atoms with Gasteiger partial charge in [-0.25, -0.2) is 23.3 Å². The zero-order valence-electron chi connectivity index (χ0n) is 25.2. The van der Waals surface area contributed by atoms with Crippen molar-refractivity contribution < 1.29 is 18.3 Å². The predicted molar refractivity (Wildman–Crippen MR) is 174 cm³/mol. The van der Waals surface area contributed by atoms with Gasteiger partial charge in [0.25, 0.3) is 5.91 Å². The smallest absolute Gasteiger partial charge is 0.261 e. The molecule has 0 spiro atoms. The molecule has 3 heterocycles.